The topological polar surface area (TPSA) is 45.0 Å². The number of nitrogen functional groups attached to an aromatic ring is 1. The van der Waals surface area contributed by atoms with Gasteiger partial charge in [0.15, 0.2) is 0 Å². The number of para-hydroxylation sites is 1. The minimum Gasteiger partial charge on any atom is -0.395 e. The second-order valence-electron chi connectivity index (χ2n) is 4.06. The van der Waals surface area contributed by atoms with Gasteiger partial charge >= 0.3 is 0 Å². The standard InChI is InChI=1S/C13H16FN3/c1-17(8-6-10-5-7-16-9-10)12-4-2-3-11(14)13(12)15/h2-5,7,9,16H,6,8,15H2,1H3. The Labute approximate surface area is 100 Å². The Hall–Kier alpha value is -1.97. The average molecular weight is 233 g/mol. The lowest BCUT2D eigenvalue weighted by molar-refractivity contribution is 0.632. The molecule has 0 saturated carbocycles. The molecule has 2 rings (SSSR count). The molecule has 0 aliphatic carbocycles. The summed E-state index contributed by atoms with van der Waals surface area (Å²) >= 11 is 0. The quantitative estimate of drug-likeness (QED) is 0.796. The van der Waals surface area contributed by atoms with Crippen LogP contribution < -0.4 is 10.6 Å². The van der Waals surface area contributed by atoms with Gasteiger partial charge < -0.3 is 15.6 Å². The first-order valence-electron chi connectivity index (χ1n) is 5.55. The minimum atomic E-state index is -0.365. The molecule has 4 heteroatoms. The molecule has 0 spiro atoms. The van der Waals surface area contributed by atoms with Gasteiger partial charge in [-0.05, 0) is 30.2 Å². The Morgan fingerprint density at radius 1 is 1.35 bits per heavy atom. The highest BCUT2D eigenvalue weighted by Crippen LogP contribution is 2.24. The highest BCUT2D eigenvalue weighted by Gasteiger charge is 2.08. The number of aromatic nitrogens is 1. The summed E-state index contributed by atoms with van der Waals surface area (Å²) in [5.74, 6) is -0.365. The van der Waals surface area contributed by atoms with E-state index in [1.54, 1.807) is 6.07 Å². The fourth-order valence-corrected chi connectivity index (χ4v) is 1.79. The first-order chi connectivity index (χ1) is 8.18. The summed E-state index contributed by atoms with van der Waals surface area (Å²) in [7, 11) is 1.91. The van der Waals surface area contributed by atoms with Gasteiger partial charge in [0.2, 0.25) is 0 Å². The SMILES string of the molecule is CN(CCc1cc[nH]c1)c1cccc(F)c1N. The number of benzene rings is 1. The summed E-state index contributed by atoms with van der Waals surface area (Å²) in [5.41, 5.74) is 7.89. The molecule has 0 aliphatic heterocycles. The van der Waals surface area contributed by atoms with Crippen LogP contribution in [0.1, 0.15) is 5.56 Å². The maximum Gasteiger partial charge on any atom is 0.148 e. The number of nitrogens with zero attached hydrogens (tertiary/aromatic N) is 1. The number of hydrogen-bond donors (Lipinski definition) is 2. The lowest BCUT2D eigenvalue weighted by atomic mass is 10.2. The Morgan fingerprint density at radius 2 is 2.18 bits per heavy atom. The molecule has 1 aromatic heterocycles. The van der Waals surface area contributed by atoms with E-state index in [1.807, 2.05) is 36.5 Å². The number of anilines is 2. The zero-order valence-corrected chi connectivity index (χ0v) is 9.78. The number of nitrogens with one attached hydrogen (secondary N) is 1. The molecule has 0 atom stereocenters. The smallest absolute Gasteiger partial charge is 0.148 e. The van der Waals surface area contributed by atoms with Gasteiger partial charge in [-0.25, -0.2) is 4.39 Å². The van der Waals surface area contributed by atoms with Crippen LogP contribution in [0.25, 0.3) is 0 Å². The van der Waals surface area contributed by atoms with Crippen LogP contribution in [0.3, 0.4) is 0 Å². The number of aromatic amines is 1. The third-order valence-electron chi connectivity index (χ3n) is 2.84. The molecule has 0 radical (unpaired) electrons. The van der Waals surface area contributed by atoms with Gasteiger partial charge in [-0.15, -0.1) is 0 Å². The van der Waals surface area contributed by atoms with Crippen molar-refractivity contribution < 1.29 is 4.39 Å². The second-order valence-corrected chi connectivity index (χ2v) is 4.06. The van der Waals surface area contributed by atoms with E-state index in [1.165, 1.54) is 11.6 Å². The maximum absolute atomic E-state index is 13.3. The molecule has 0 saturated heterocycles. The Balaban J connectivity index is 2.04. The first kappa shape index (κ1) is 11.5. The molecule has 0 amide bonds. The van der Waals surface area contributed by atoms with Crippen molar-refractivity contribution in [3.8, 4) is 0 Å². The lowest BCUT2D eigenvalue weighted by Gasteiger charge is -2.20. The number of halogens is 1. The normalized spacial score (nSPS) is 10.5. The molecule has 3 nitrogen and oxygen atoms in total. The van der Waals surface area contributed by atoms with E-state index in [0.29, 0.717) is 0 Å². The van der Waals surface area contributed by atoms with Crippen LogP contribution in [0.4, 0.5) is 15.8 Å². The van der Waals surface area contributed by atoms with Crippen molar-refractivity contribution in [2.75, 3.05) is 24.2 Å². The van der Waals surface area contributed by atoms with Gasteiger partial charge in [-0.1, -0.05) is 6.07 Å². The van der Waals surface area contributed by atoms with Gasteiger partial charge in [0, 0.05) is 26.0 Å². The van der Waals surface area contributed by atoms with Gasteiger partial charge in [0.25, 0.3) is 0 Å². The van der Waals surface area contributed by atoms with E-state index in [2.05, 4.69) is 4.98 Å². The minimum absolute atomic E-state index is 0.212. The lowest BCUT2D eigenvalue weighted by Crippen LogP contribution is -2.21. The van der Waals surface area contributed by atoms with Crippen molar-refractivity contribution in [1.29, 1.82) is 0 Å². The monoisotopic (exact) mass is 233 g/mol. The molecule has 90 valence electrons. The van der Waals surface area contributed by atoms with Crippen molar-refractivity contribution in [3.05, 3.63) is 48.0 Å². The highest BCUT2D eigenvalue weighted by atomic mass is 19.1. The second kappa shape index (κ2) is 4.91. The van der Waals surface area contributed by atoms with Crippen molar-refractivity contribution in [2.45, 2.75) is 6.42 Å². The van der Waals surface area contributed by atoms with Crippen LogP contribution >= 0.6 is 0 Å². The molecule has 0 aliphatic rings. The summed E-state index contributed by atoms with van der Waals surface area (Å²) in [4.78, 5) is 4.97. The molecule has 0 bridgehead atoms. The van der Waals surface area contributed by atoms with Crippen LogP contribution in [0, 0.1) is 5.82 Å². The van der Waals surface area contributed by atoms with Crippen molar-refractivity contribution in [2.24, 2.45) is 0 Å². The molecule has 17 heavy (non-hydrogen) atoms. The van der Waals surface area contributed by atoms with Crippen LogP contribution in [0.5, 0.6) is 0 Å². The number of rotatable bonds is 4. The summed E-state index contributed by atoms with van der Waals surface area (Å²) in [6, 6.07) is 6.91. The first-order valence-corrected chi connectivity index (χ1v) is 5.55. The Bertz CT molecular complexity index is 479. The molecular weight excluding hydrogens is 217 g/mol. The average Bonchev–Trinajstić information content (AvgIpc) is 2.82. The van der Waals surface area contributed by atoms with E-state index in [4.69, 9.17) is 5.73 Å². The predicted molar refractivity (Wildman–Crippen MR) is 68.6 cm³/mol. The third kappa shape index (κ3) is 2.58. The van der Waals surface area contributed by atoms with Crippen LogP contribution in [-0.4, -0.2) is 18.6 Å². The van der Waals surface area contributed by atoms with Gasteiger partial charge in [-0.2, -0.15) is 0 Å². The van der Waals surface area contributed by atoms with Crippen molar-refractivity contribution in [3.63, 3.8) is 0 Å². The zero-order chi connectivity index (χ0) is 12.3. The fraction of sp³-hybridized carbons (Fsp3) is 0.231. The Morgan fingerprint density at radius 3 is 2.88 bits per heavy atom. The van der Waals surface area contributed by atoms with Crippen molar-refractivity contribution in [1.82, 2.24) is 4.98 Å². The van der Waals surface area contributed by atoms with E-state index >= 15 is 0 Å². The molecular formula is C13H16FN3. The number of likely N-dealkylation sites (N-methyl/N-ethyl adjacent to an activating group) is 1. The van der Waals surface area contributed by atoms with Crippen LogP contribution in [0.15, 0.2) is 36.7 Å². The van der Waals surface area contributed by atoms with E-state index in [-0.39, 0.29) is 11.5 Å². The van der Waals surface area contributed by atoms with Crippen LogP contribution in [-0.2, 0) is 6.42 Å². The van der Waals surface area contributed by atoms with Gasteiger partial charge in [0.1, 0.15) is 5.82 Å². The van der Waals surface area contributed by atoms with E-state index in [9.17, 15) is 4.39 Å². The zero-order valence-electron chi connectivity index (χ0n) is 9.78. The third-order valence-corrected chi connectivity index (χ3v) is 2.84. The van der Waals surface area contributed by atoms with Gasteiger partial charge in [-0.3, -0.25) is 0 Å². The fourth-order valence-electron chi connectivity index (χ4n) is 1.79. The molecule has 1 heterocycles. The van der Waals surface area contributed by atoms with E-state index < -0.39 is 0 Å². The molecule has 1 aromatic carbocycles. The summed E-state index contributed by atoms with van der Waals surface area (Å²) < 4.78 is 13.3. The molecule has 0 fully saturated rings. The molecule has 2 aromatic rings. The van der Waals surface area contributed by atoms with E-state index in [0.717, 1.165) is 18.7 Å². The van der Waals surface area contributed by atoms with Gasteiger partial charge in [0.05, 0.1) is 11.4 Å². The van der Waals surface area contributed by atoms with Crippen LogP contribution in [0.2, 0.25) is 0 Å². The summed E-state index contributed by atoms with van der Waals surface area (Å²) in [6.07, 6.45) is 4.75. The summed E-state index contributed by atoms with van der Waals surface area (Å²) in [6.45, 7) is 0.797. The number of nitrogens with two attached hydrogens (primary N) is 1. The molecule has 3 N–H and O–H groups in total. The predicted octanol–water partition coefficient (Wildman–Crippen LogP) is 2.41. The summed E-state index contributed by atoms with van der Waals surface area (Å²) in [5, 5.41) is 0. The molecule has 0 unspecified atom stereocenters. The number of H-pyrrole nitrogens is 1. The maximum atomic E-state index is 13.3. The number of hydrogen-bond acceptors (Lipinski definition) is 2. The largest absolute Gasteiger partial charge is 0.395 e. The van der Waals surface area contributed by atoms with Crippen molar-refractivity contribution >= 4 is 11.4 Å². The Kier molecular flexibility index (Phi) is 3.32. The highest BCUT2D eigenvalue weighted by molar-refractivity contribution is 5.67.